The van der Waals surface area contributed by atoms with Crippen LogP contribution in [0.15, 0.2) is 0 Å². The van der Waals surface area contributed by atoms with Crippen LogP contribution in [0.4, 0.5) is 0 Å². The van der Waals surface area contributed by atoms with Crippen molar-refractivity contribution in [1.29, 1.82) is 0 Å². The first-order valence-electron chi connectivity index (χ1n) is 5.15. The van der Waals surface area contributed by atoms with Crippen LogP contribution in [0.1, 0.15) is 45.4 Å². The summed E-state index contributed by atoms with van der Waals surface area (Å²) in [6.45, 7) is 2.28. The van der Waals surface area contributed by atoms with Gasteiger partial charge in [0.1, 0.15) is 0 Å². The molecule has 0 rings (SSSR count). The van der Waals surface area contributed by atoms with Gasteiger partial charge in [0.05, 0.1) is 0 Å². The number of carbonyl (C=O) groups is 2. The SMILES string of the molecule is CC(=O)NCCCCCCCC(N)=O. The van der Waals surface area contributed by atoms with Gasteiger partial charge in [0, 0.05) is 19.9 Å². The molecule has 0 saturated heterocycles. The molecule has 0 aliphatic rings. The molecule has 2 amide bonds. The number of rotatable bonds is 8. The molecule has 0 radical (unpaired) electrons. The lowest BCUT2D eigenvalue weighted by Gasteiger charge is -2.01. The highest BCUT2D eigenvalue weighted by Crippen LogP contribution is 2.04. The van der Waals surface area contributed by atoms with Crippen molar-refractivity contribution in [2.45, 2.75) is 45.4 Å². The van der Waals surface area contributed by atoms with E-state index in [0.717, 1.165) is 38.6 Å². The molecule has 0 heterocycles. The zero-order valence-corrected chi connectivity index (χ0v) is 8.84. The van der Waals surface area contributed by atoms with E-state index in [4.69, 9.17) is 5.73 Å². The molecule has 0 saturated carbocycles. The van der Waals surface area contributed by atoms with Crippen molar-refractivity contribution in [2.24, 2.45) is 5.73 Å². The molecule has 0 fully saturated rings. The Kier molecular flexibility index (Phi) is 7.89. The Balaban J connectivity index is 2.99. The largest absolute Gasteiger partial charge is 0.370 e. The third kappa shape index (κ3) is 10.9. The fraction of sp³-hybridized carbons (Fsp3) is 0.800. The summed E-state index contributed by atoms with van der Waals surface area (Å²) in [6.07, 6.45) is 5.63. The Hall–Kier alpha value is -1.06. The molecule has 4 nitrogen and oxygen atoms in total. The van der Waals surface area contributed by atoms with Crippen molar-refractivity contribution < 1.29 is 9.59 Å². The number of hydrogen-bond acceptors (Lipinski definition) is 2. The summed E-state index contributed by atoms with van der Waals surface area (Å²) in [7, 11) is 0. The smallest absolute Gasteiger partial charge is 0.217 e. The van der Waals surface area contributed by atoms with Gasteiger partial charge in [-0.3, -0.25) is 9.59 Å². The molecule has 0 unspecified atom stereocenters. The zero-order chi connectivity index (χ0) is 10.8. The molecular formula is C10H20N2O2. The van der Waals surface area contributed by atoms with Crippen LogP contribution in [0.3, 0.4) is 0 Å². The summed E-state index contributed by atoms with van der Waals surface area (Å²) in [5.41, 5.74) is 5.00. The monoisotopic (exact) mass is 200 g/mol. The zero-order valence-electron chi connectivity index (χ0n) is 8.84. The van der Waals surface area contributed by atoms with Crippen LogP contribution in [0.2, 0.25) is 0 Å². The van der Waals surface area contributed by atoms with Crippen molar-refractivity contribution >= 4 is 11.8 Å². The molecule has 0 aliphatic carbocycles. The van der Waals surface area contributed by atoms with E-state index in [-0.39, 0.29) is 11.8 Å². The number of hydrogen-bond donors (Lipinski definition) is 2. The second-order valence-corrected chi connectivity index (χ2v) is 3.47. The minimum atomic E-state index is -0.219. The van der Waals surface area contributed by atoms with E-state index in [1.165, 1.54) is 6.92 Å². The fourth-order valence-corrected chi connectivity index (χ4v) is 1.22. The van der Waals surface area contributed by atoms with Crippen molar-refractivity contribution in [2.75, 3.05) is 6.54 Å². The second-order valence-electron chi connectivity index (χ2n) is 3.47. The Labute approximate surface area is 85.2 Å². The average Bonchev–Trinajstić information content (AvgIpc) is 2.08. The minimum absolute atomic E-state index is 0.0266. The van der Waals surface area contributed by atoms with Crippen LogP contribution in [0, 0.1) is 0 Å². The third-order valence-corrected chi connectivity index (χ3v) is 1.97. The van der Waals surface area contributed by atoms with Gasteiger partial charge in [-0.25, -0.2) is 0 Å². The Morgan fingerprint density at radius 1 is 1.07 bits per heavy atom. The van der Waals surface area contributed by atoms with Gasteiger partial charge < -0.3 is 11.1 Å². The first-order chi connectivity index (χ1) is 6.63. The van der Waals surface area contributed by atoms with Gasteiger partial charge in [-0.1, -0.05) is 19.3 Å². The maximum absolute atomic E-state index is 10.5. The molecule has 0 atom stereocenters. The van der Waals surface area contributed by atoms with Gasteiger partial charge in [-0.15, -0.1) is 0 Å². The number of amides is 2. The summed E-state index contributed by atoms with van der Waals surface area (Å²) >= 11 is 0. The summed E-state index contributed by atoms with van der Waals surface area (Å²) in [4.78, 5) is 20.9. The van der Waals surface area contributed by atoms with Crippen LogP contribution in [0.5, 0.6) is 0 Å². The van der Waals surface area contributed by atoms with E-state index in [9.17, 15) is 9.59 Å². The molecule has 0 aliphatic heterocycles. The first-order valence-corrected chi connectivity index (χ1v) is 5.15. The predicted octanol–water partition coefficient (Wildman–Crippen LogP) is 0.948. The van der Waals surface area contributed by atoms with E-state index in [1.807, 2.05) is 0 Å². The van der Waals surface area contributed by atoms with Gasteiger partial charge in [0.25, 0.3) is 0 Å². The number of primary amides is 1. The maximum Gasteiger partial charge on any atom is 0.217 e. The topological polar surface area (TPSA) is 72.2 Å². The molecule has 0 spiro atoms. The lowest BCUT2D eigenvalue weighted by molar-refractivity contribution is -0.119. The molecular weight excluding hydrogens is 180 g/mol. The number of nitrogens with two attached hydrogens (primary N) is 1. The molecule has 0 aromatic rings. The van der Waals surface area contributed by atoms with Gasteiger partial charge >= 0.3 is 0 Å². The highest BCUT2D eigenvalue weighted by molar-refractivity contribution is 5.73. The summed E-state index contributed by atoms with van der Waals surface area (Å²) in [5.74, 6) is -0.193. The molecule has 14 heavy (non-hydrogen) atoms. The molecule has 3 N–H and O–H groups in total. The van der Waals surface area contributed by atoms with Crippen molar-refractivity contribution in [3.8, 4) is 0 Å². The molecule has 0 aromatic carbocycles. The number of nitrogens with one attached hydrogen (secondary N) is 1. The van der Waals surface area contributed by atoms with E-state index < -0.39 is 0 Å². The van der Waals surface area contributed by atoms with E-state index in [1.54, 1.807) is 0 Å². The van der Waals surface area contributed by atoms with E-state index in [2.05, 4.69) is 5.32 Å². The fourth-order valence-electron chi connectivity index (χ4n) is 1.22. The van der Waals surface area contributed by atoms with Gasteiger partial charge in [0.2, 0.25) is 11.8 Å². The third-order valence-electron chi connectivity index (χ3n) is 1.97. The summed E-state index contributed by atoms with van der Waals surface area (Å²) in [6, 6.07) is 0. The van der Waals surface area contributed by atoms with Crippen molar-refractivity contribution in [3.63, 3.8) is 0 Å². The maximum atomic E-state index is 10.5. The van der Waals surface area contributed by atoms with Crippen molar-refractivity contribution in [3.05, 3.63) is 0 Å². The van der Waals surface area contributed by atoms with Gasteiger partial charge in [-0.05, 0) is 12.8 Å². The molecule has 4 heteroatoms. The number of unbranched alkanes of at least 4 members (excludes halogenated alkanes) is 4. The van der Waals surface area contributed by atoms with Crippen LogP contribution >= 0.6 is 0 Å². The lowest BCUT2D eigenvalue weighted by Crippen LogP contribution is -2.20. The highest BCUT2D eigenvalue weighted by Gasteiger charge is 1.95. The minimum Gasteiger partial charge on any atom is -0.370 e. The lowest BCUT2D eigenvalue weighted by atomic mass is 10.1. The molecule has 0 bridgehead atoms. The normalized spacial score (nSPS) is 9.79. The summed E-state index contributed by atoms with van der Waals surface area (Å²) in [5, 5.41) is 2.74. The van der Waals surface area contributed by atoms with Crippen LogP contribution in [-0.4, -0.2) is 18.4 Å². The van der Waals surface area contributed by atoms with Crippen molar-refractivity contribution in [1.82, 2.24) is 5.32 Å². The summed E-state index contributed by atoms with van der Waals surface area (Å²) < 4.78 is 0. The standard InChI is InChI=1S/C10H20N2O2/c1-9(13)12-8-6-4-2-3-5-7-10(11)14/h2-8H2,1H3,(H2,11,14)(H,12,13). The Morgan fingerprint density at radius 2 is 1.64 bits per heavy atom. The van der Waals surface area contributed by atoms with Gasteiger partial charge in [0.15, 0.2) is 0 Å². The van der Waals surface area contributed by atoms with Crippen LogP contribution in [0.25, 0.3) is 0 Å². The molecule has 0 aromatic heterocycles. The second kappa shape index (κ2) is 8.53. The Bertz CT molecular complexity index is 161. The first kappa shape index (κ1) is 12.9. The van der Waals surface area contributed by atoms with Crippen LogP contribution < -0.4 is 11.1 Å². The Morgan fingerprint density at radius 3 is 2.21 bits per heavy atom. The van der Waals surface area contributed by atoms with Gasteiger partial charge in [-0.2, -0.15) is 0 Å². The molecule has 82 valence electrons. The van der Waals surface area contributed by atoms with E-state index in [0.29, 0.717) is 6.42 Å². The van der Waals surface area contributed by atoms with Crippen LogP contribution in [-0.2, 0) is 9.59 Å². The van der Waals surface area contributed by atoms with E-state index >= 15 is 0 Å². The average molecular weight is 200 g/mol. The predicted molar refractivity (Wildman–Crippen MR) is 55.6 cm³/mol. The highest BCUT2D eigenvalue weighted by atomic mass is 16.1. The number of carbonyl (C=O) groups excluding carboxylic acids is 2. The quantitative estimate of drug-likeness (QED) is 0.572.